The summed E-state index contributed by atoms with van der Waals surface area (Å²) in [6.45, 7) is 0. The van der Waals surface area contributed by atoms with Gasteiger partial charge in [-0.25, -0.2) is 8.78 Å². The Morgan fingerprint density at radius 2 is 1.23 bits per heavy atom. The lowest BCUT2D eigenvalue weighted by atomic mass is 9.88. The monoisotopic (exact) mass is 392 g/mol. The van der Waals surface area contributed by atoms with E-state index < -0.39 is 28.0 Å². The van der Waals surface area contributed by atoms with Crippen LogP contribution < -0.4 is 0 Å². The summed E-state index contributed by atoms with van der Waals surface area (Å²) in [5.41, 5.74) is -0.938. The maximum absolute atomic E-state index is 13.3. The molecule has 0 aliphatic heterocycles. The van der Waals surface area contributed by atoms with Crippen LogP contribution in [0.5, 0.6) is 0 Å². The molecule has 0 saturated carbocycles. The van der Waals surface area contributed by atoms with Crippen LogP contribution in [0.1, 0.15) is 11.1 Å². The first kappa shape index (κ1) is 18.7. The Labute approximate surface area is 157 Å². The van der Waals surface area contributed by atoms with Crippen LogP contribution in [0.3, 0.4) is 0 Å². The third-order valence-electron chi connectivity index (χ3n) is 4.06. The molecule has 3 aromatic rings. The average Bonchev–Trinajstić information content (AvgIpc) is 2.63. The second-order valence-corrected chi connectivity index (χ2v) is 7.71. The normalized spacial score (nSPS) is 12.8. The molecule has 0 fully saturated rings. The molecule has 3 rings (SSSR count). The van der Waals surface area contributed by atoms with Crippen LogP contribution in [0, 0.1) is 11.6 Å². The summed E-state index contributed by atoms with van der Waals surface area (Å²) in [6.07, 6.45) is 0. The van der Waals surface area contributed by atoms with Crippen LogP contribution in [0.2, 0.25) is 5.02 Å². The number of hydrogen-bond acceptors (Lipinski definition) is 2. The van der Waals surface area contributed by atoms with Crippen molar-refractivity contribution in [1.82, 2.24) is 0 Å². The Kier molecular flexibility index (Phi) is 5.51. The Morgan fingerprint density at radius 1 is 0.808 bits per heavy atom. The molecule has 3 aromatic carbocycles. The van der Waals surface area contributed by atoms with Gasteiger partial charge in [0, 0.05) is 9.92 Å². The first-order valence-corrected chi connectivity index (χ1v) is 9.46. The van der Waals surface area contributed by atoms with E-state index in [1.165, 1.54) is 48.5 Å². The van der Waals surface area contributed by atoms with Crippen LogP contribution in [-0.2, 0) is 16.4 Å². The van der Waals surface area contributed by atoms with E-state index in [0.29, 0.717) is 21.0 Å². The highest BCUT2D eigenvalue weighted by molar-refractivity contribution is 7.85. The molecular weight excluding hydrogens is 378 g/mol. The summed E-state index contributed by atoms with van der Waals surface area (Å²) < 4.78 is 39.4. The molecule has 1 atom stereocenters. The molecule has 0 amide bonds. The molecular formula is C20H15ClF2O2S. The predicted octanol–water partition coefficient (Wildman–Crippen LogP) is 4.66. The molecule has 0 heterocycles. The summed E-state index contributed by atoms with van der Waals surface area (Å²) in [7, 11) is -1.57. The molecule has 1 unspecified atom stereocenters. The van der Waals surface area contributed by atoms with Gasteiger partial charge in [-0.2, -0.15) is 0 Å². The van der Waals surface area contributed by atoms with Gasteiger partial charge < -0.3 is 5.11 Å². The van der Waals surface area contributed by atoms with Crippen LogP contribution in [0.25, 0.3) is 0 Å². The van der Waals surface area contributed by atoms with Crippen LogP contribution >= 0.6 is 11.6 Å². The van der Waals surface area contributed by atoms with Crippen molar-refractivity contribution in [2.75, 3.05) is 5.75 Å². The van der Waals surface area contributed by atoms with Gasteiger partial charge in [0.05, 0.1) is 16.6 Å². The van der Waals surface area contributed by atoms with Crippen molar-refractivity contribution >= 4 is 22.4 Å². The standard InChI is InChI=1S/C20H15ClF2O2S/c21-16-5-11-19(12-6-16)26(25)13-20(24,14-1-7-17(22)8-2-14)15-3-9-18(23)10-4-15/h1-12,24H,13H2. The Hall–Kier alpha value is -2.08. The molecule has 134 valence electrons. The first-order valence-electron chi connectivity index (χ1n) is 7.77. The van der Waals surface area contributed by atoms with Crippen LogP contribution in [-0.4, -0.2) is 15.1 Å². The van der Waals surface area contributed by atoms with Crippen molar-refractivity contribution in [2.45, 2.75) is 10.5 Å². The van der Waals surface area contributed by atoms with Crippen molar-refractivity contribution in [3.8, 4) is 0 Å². The van der Waals surface area contributed by atoms with Gasteiger partial charge in [-0.15, -0.1) is 0 Å². The molecule has 1 N–H and O–H groups in total. The van der Waals surface area contributed by atoms with E-state index in [9.17, 15) is 18.1 Å². The lowest BCUT2D eigenvalue weighted by Gasteiger charge is -2.29. The van der Waals surface area contributed by atoms with E-state index in [1.54, 1.807) is 24.3 Å². The van der Waals surface area contributed by atoms with Gasteiger partial charge in [0.15, 0.2) is 0 Å². The largest absolute Gasteiger partial charge is 0.379 e. The van der Waals surface area contributed by atoms with E-state index in [-0.39, 0.29) is 5.75 Å². The Morgan fingerprint density at radius 3 is 1.65 bits per heavy atom. The topological polar surface area (TPSA) is 37.3 Å². The fourth-order valence-corrected chi connectivity index (χ4v) is 4.09. The Bertz CT molecular complexity index is 865. The summed E-state index contributed by atoms with van der Waals surface area (Å²) in [5, 5.41) is 11.9. The third kappa shape index (κ3) is 4.01. The summed E-state index contributed by atoms with van der Waals surface area (Å²) in [6, 6.07) is 17.1. The molecule has 0 radical (unpaired) electrons. The highest BCUT2D eigenvalue weighted by Crippen LogP contribution is 2.32. The Balaban J connectivity index is 2.02. The van der Waals surface area contributed by atoms with Gasteiger partial charge in [-0.05, 0) is 59.7 Å². The molecule has 0 bridgehead atoms. The predicted molar refractivity (Wildman–Crippen MR) is 98.5 cm³/mol. The zero-order chi connectivity index (χ0) is 18.7. The quantitative estimate of drug-likeness (QED) is 0.685. The van der Waals surface area contributed by atoms with Gasteiger partial charge in [0.2, 0.25) is 0 Å². The van der Waals surface area contributed by atoms with E-state index in [0.717, 1.165) is 0 Å². The number of hydrogen-bond donors (Lipinski definition) is 1. The van der Waals surface area contributed by atoms with Gasteiger partial charge in [0.25, 0.3) is 0 Å². The first-order chi connectivity index (χ1) is 12.4. The fourth-order valence-electron chi connectivity index (χ4n) is 2.64. The second kappa shape index (κ2) is 7.66. The number of aliphatic hydroxyl groups is 1. The van der Waals surface area contributed by atoms with E-state index in [2.05, 4.69) is 0 Å². The van der Waals surface area contributed by atoms with Gasteiger partial charge in [0.1, 0.15) is 17.2 Å². The molecule has 0 aliphatic rings. The lowest BCUT2D eigenvalue weighted by Crippen LogP contribution is -2.34. The molecule has 2 nitrogen and oxygen atoms in total. The highest BCUT2D eigenvalue weighted by atomic mass is 35.5. The minimum atomic E-state index is -1.67. The maximum atomic E-state index is 13.3. The molecule has 0 aliphatic carbocycles. The number of halogens is 3. The zero-order valence-corrected chi connectivity index (χ0v) is 15.1. The number of rotatable bonds is 5. The summed E-state index contributed by atoms with van der Waals surface area (Å²) >= 11 is 5.85. The molecule has 0 saturated heterocycles. The lowest BCUT2D eigenvalue weighted by molar-refractivity contribution is 0.106. The second-order valence-electron chi connectivity index (χ2n) is 5.82. The molecule has 6 heteroatoms. The van der Waals surface area contributed by atoms with Crippen LogP contribution in [0.15, 0.2) is 77.7 Å². The summed E-state index contributed by atoms with van der Waals surface area (Å²) in [5.74, 6) is -1.07. The smallest absolute Gasteiger partial charge is 0.126 e. The minimum absolute atomic E-state index is 0.175. The minimum Gasteiger partial charge on any atom is -0.379 e. The molecule has 26 heavy (non-hydrogen) atoms. The highest BCUT2D eigenvalue weighted by Gasteiger charge is 2.34. The van der Waals surface area contributed by atoms with Crippen molar-refractivity contribution in [2.24, 2.45) is 0 Å². The molecule has 0 spiro atoms. The summed E-state index contributed by atoms with van der Waals surface area (Å²) in [4.78, 5) is 0.497. The van der Waals surface area contributed by atoms with E-state index in [1.807, 2.05) is 0 Å². The van der Waals surface area contributed by atoms with Gasteiger partial charge >= 0.3 is 0 Å². The van der Waals surface area contributed by atoms with E-state index >= 15 is 0 Å². The van der Waals surface area contributed by atoms with Gasteiger partial charge in [-0.1, -0.05) is 35.9 Å². The maximum Gasteiger partial charge on any atom is 0.126 e. The SMILES string of the molecule is O=S(CC(O)(c1ccc(F)cc1)c1ccc(F)cc1)c1ccc(Cl)cc1. The average molecular weight is 393 g/mol. The van der Waals surface area contributed by atoms with Gasteiger partial charge in [-0.3, -0.25) is 4.21 Å². The molecule has 0 aromatic heterocycles. The fraction of sp³-hybridized carbons (Fsp3) is 0.100. The van der Waals surface area contributed by atoms with Crippen LogP contribution in [0.4, 0.5) is 8.78 Å². The van der Waals surface area contributed by atoms with Crippen molar-refractivity contribution < 1.29 is 18.1 Å². The van der Waals surface area contributed by atoms with Crippen molar-refractivity contribution in [3.05, 3.63) is 101 Å². The van der Waals surface area contributed by atoms with Crippen molar-refractivity contribution in [3.63, 3.8) is 0 Å². The number of benzene rings is 3. The zero-order valence-electron chi connectivity index (χ0n) is 13.5. The third-order valence-corrected chi connectivity index (χ3v) is 5.79. The van der Waals surface area contributed by atoms with E-state index in [4.69, 9.17) is 11.6 Å². The van der Waals surface area contributed by atoms with Crippen molar-refractivity contribution in [1.29, 1.82) is 0 Å².